The van der Waals surface area contributed by atoms with E-state index in [2.05, 4.69) is 0 Å². The number of sulfonamides is 1. The molecule has 0 spiro atoms. The monoisotopic (exact) mass is 550 g/mol. The molecule has 3 aromatic rings. The molecule has 1 atom stereocenters. The molecule has 1 saturated heterocycles. The van der Waals surface area contributed by atoms with E-state index in [-0.39, 0.29) is 29.5 Å². The quantitative estimate of drug-likeness (QED) is 0.406. The SMILES string of the molecule is CS(=O)(=O)c1ccccc1S(=O)(=O)N1CCN(CCOC(c2ccccc2)c2ccc(F)c(F)c2)CC1. The fourth-order valence-corrected chi connectivity index (χ4v) is 7.31. The van der Waals surface area contributed by atoms with Crippen LogP contribution in [0.15, 0.2) is 82.6 Å². The highest BCUT2D eigenvalue weighted by Crippen LogP contribution is 2.28. The molecule has 4 rings (SSSR count). The summed E-state index contributed by atoms with van der Waals surface area (Å²) in [6.45, 7) is 2.05. The van der Waals surface area contributed by atoms with Gasteiger partial charge in [-0.25, -0.2) is 25.6 Å². The van der Waals surface area contributed by atoms with Crippen LogP contribution in [0.25, 0.3) is 0 Å². The van der Waals surface area contributed by atoms with Gasteiger partial charge in [-0.2, -0.15) is 4.31 Å². The average Bonchev–Trinajstić information content (AvgIpc) is 2.89. The number of piperazine rings is 1. The van der Waals surface area contributed by atoms with Crippen molar-refractivity contribution < 1.29 is 30.4 Å². The number of hydrogen-bond donors (Lipinski definition) is 0. The van der Waals surface area contributed by atoms with E-state index in [1.54, 1.807) is 0 Å². The zero-order valence-corrected chi connectivity index (χ0v) is 21.9. The van der Waals surface area contributed by atoms with Crippen LogP contribution in [0.1, 0.15) is 17.2 Å². The third kappa shape index (κ3) is 6.42. The summed E-state index contributed by atoms with van der Waals surface area (Å²) >= 11 is 0. The summed E-state index contributed by atoms with van der Waals surface area (Å²) < 4.78 is 85.3. The fraction of sp³-hybridized carbons (Fsp3) is 0.308. The average molecular weight is 551 g/mol. The largest absolute Gasteiger partial charge is 0.367 e. The molecular formula is C26H28F2N2O5S2. The van der Waals surface area contributed by atoms with Crippen molar-refractivity contribution in [2.45, 2.75) is 15.9 Å². The number of rotatable bonds is 9. The van der Waals surface area contributed by atoms with E-state index in [1.165, 1.54) is 34.6 Å². The molecule has 3 aromatic carbocycles. The predicted molar refractivity (Wildman–Crippen MR) is 135 cm³/mol. The summed E-state index contributed by atoms with van der Waals surface area (Å²) in [6.07, 6.45) is 0.396. The lowest BCUT2D eigenvalue weighted by Gasteiger charge is -2.34. The maximum Gasteiger partial charge on any atom is 0.244 e. The Morgan fingerprint density at radius 3 is 2.03 bits per heavy atom. The van der Waals surface area contributed by atoms with Crippen LogP contribution in [-0.4, -0.2) is 71.6 Å². The number of nitrogens with zero attached hydrogens (tertiary/aromatic N) is 2. The van der Waals surface area contributed by atoms with Crippen LogP contribution in [0.5, 0.6) is 0 Å². The highest BCUT2D eigenvalue weighted by Gasteiger charge is 2.32. The molecule has 1 aliphatic rings. The summed E-state index contributed by atoms with van der Waals surface area (Å²) in [6, 6.07) is 18.5. The molecule has 37 heavy (non-hydrogen) atoms. The summed E-state index contributed by atoms with van der Waals surface area (Å²) in [7, 11) is -7.70. The molecule has 11 heteroatoms. The molecule has 0 bridgehead atoms. The minimum Gasteiger partial charge on any atom is -0.367 e. The Bertz CT molecular complexity index is 1440. The third-order valence-corrected chi connectivity index (χ3v) is 9.48. The molecule has 0 N–H and O–H groups in total. The molecule has 0 aliphatic carbocycles. The molecule has 0 saturated carbocycles. The molecule has 1 aliphatic heterocycles. The Kier molecular flexibility index (Phi) is 8.39. The second kappa shape index (κ2) is 11.4. The Morgan fingerprint density at radius 1 is 0.784 bits per heavy atom. The lowest BCUT2D eigenvalue weighted by atomic mass is 10.0. The van der Waals surface area contributed by atoms with Gasteiger partial charge in [0.25, 0.3) is 0 Å². The molecular weight excluding hydrogens is 522 g/mol. The van der Waals surface area contributed by atoms with Gasteiger partial charge >= 0.3 is 0 Å². The Hall–Kier alpha value is -2.70. The van der Waals surface area contributed by atoms with Crippen molar-refractivity contribution in [1.82, 2.24) is 9.21 Å². The van der Waals surface area contributed by atoms with Crippen molar-refractivity contribution >= 4 is 19.9 Å². The maximum absolute atomic E-state index is 13.9. The van der Waals surface area contributed by atoms with Crippen molar-refractivity contribution in [3.8, 4) is 0 Å². The Labute approximate surface area is 216 Å². The fourth-order valence-electron chi connectivity index (χ4n) is 4.29. The zero-order valence-electron chi connectivity index (χ0n) is 20.3. The highest BCUT2D eigenvalue weighted by molar-refractivity contribution is 7.93. The van der Waals surface area contributed by atoms with Crippen LogP contribution in [0.3, 0.4) is 0 Å². The van der Waals surface area contributed by atoms with Crippen molar-refractivity contribution in [1.29, 1.82) is 0 Å². The molecule has 7 nitrogen and oxygen atoms in total. The number of hydrogen-bond acceptors (Lipinski definition) is 6. The Balaban J connectivity index is 1.39. The molecule has 1 fully saturated rings. The van der Waals surface area contributed by atoms with E-state index in [0.717, 1.165) is 24.0 Å². The summed E-state index contributed by atoms with van der Waals surface area (Å²) in [5.74, 6) is -1.88. The van der Waals surface area contributed by atoms with Crippen LogP contribution in [0, 0.1) is 11.6 Å². The van der Waals surface area contributed by atoms with E-state index >= 15 is 0 Å². The van der Waals surface area contributed by atoms with Gasteiger partial charge in [0.2, 0.25) is 10.0 Å². The first-order chi connectivity index (χ1) is 17.6. The summed E-state index contributed by atoms with van der Waals surface area (Å²) in [4.78, 5) is 1.61. The van der Waals surface area contributed by atoms with E-state index in [4.69, 9.17) is 4.74 Å². The normalized spacial score (nSPS) is 16.5. The minimum absolute atomic E-state index is 0.200. The number of ether oxygens (including phenoxy) is 1. The second-order valence-corrected chi connectivity index (χ2v) is 12.7. The number of halogens is 2. The van der Waals surface area contributed by atoms with Gasteiger partial charge in [0.15, 0.2) is 21.5 Å². The van der Waals surface area contributed by atoms with Gasteiger partial charge in [-0.3, -0.25) is 4.90 Å². The van der Waals surface area contributed by atoms with Gasteiger partial charge in [0.1, 0.15) is 11.0 Å². The smallest absolute Gasteiger partial charge is 0.244 e. The zero-order chi connectivity index (χ0) is 26.6. The van der Waals surface area contributed by atoms with Gasteiger partial charge in [-0.1, -0.05) is 48.5 Å². The molecule has 0 aromatic heterocycles. The first kappa shape index (κ1) is 27.3. The summed E-state index contributed by atoms with van der Waals surface area (Å²) in [5.41, 5.74) is 1.29. The molecule has 1 heterocycles. The van der Waals surface area contributed by atoms with Crippen LogP contribution >= 0.6 is 0 Å². The van der Waals surface area contributed by atoms with Crippen LogP contribution in [0.4, 0.5) is 8.78 Å². The number of benzene rings is 3. The van der Waals surface area contributed by atoms with E-state index < -0.39 is 37.6 Å². The lowest BCUT2D eigenvalue weighted by Crippen LogP contribution is -2.49. The highest BCUT2D eigenvalue weighted by atomic mass is 32.2. The van der Waals surface area contributed by atoms with E-state index in [1.807, 2.05) is 35.2 Å². The first-order valence-corrected chi connectivity index (χ1v) is 15.0. The van der Waals surface area contributed by atoms with Crippen LogP contribution in [0.2, 0.25) is 0 Å². The Morgan fingerprint density at radius 2 is 1.41 bits per heavy atom. The minimum atomic E-state index is -3.98. The molecule has 1 unspecified atom stereocenters. The van der Waals surface area contributed by atoms with Crippen molar-refractivity contribution in [2.24, 2.45) is 0 Å². The summed E-state index contributed by atoms with van der Waals surface area (Å²) in [5, 5.41) is 0. The van der Waals surface area contributed by atoms with E-state index in [0.29, 0.717) is 25.2 Å². The standard InChI is InChI=1S/C26H28F2N2O5S2/c1-36(31,32)24-9-5-6-10-25(24)37(33,34)30-15-13-29(14-16-30)17-18-35-26(20-7-3-2-4-8-20)21-11-12-22(27)23(28)19-21/h2-12,19,26H,13-18H2,1H3. The molecule has 0 radical (unpaired) electrons. The van der Waals surface area contributed by atoms with Crippen LogP contribution in [-0.2, 0) is 24.6 Å². The second-order valence-electron chi connectivity index (χ2n) is 8.80. The van der Waals surface area contributed by atoms with Gasteiger partial charge in [0, 0.05) is 39.0 Å². The van der Waals surface area contributed by atoms with Gasteiger partial charge < -0.3 is 4.74 Å². The molecule has 198 valence electrons. The van der Waals surface area contributed by atoms with Gasteiger partial charge in [-0.05, 0) is 35.4 Å². The first-order valence-electron chi connectivity index (χ1n) is 11.7. The predicted octanol–water partition coefficient (Wildman–Crippen LogP) is 3.48. The van der Waals surface area contributed by atoms with Crippen LogP contribution < -0.4 is 0 Å². The lowest BCUT2D eigenvalue weighted by molar-refractivity contribution is 0.0525. The number of sulfone groups is 1. The van der Waals surface area contributed by atoms with Crippen molar-refractivity contribution in [3.05, 3.63) is 95.6 Å². The van der Waals surface area contributed by atoms with Crippen molar-refractivity contribution in [2.75, 3.05) is 45.6 Å². The third-order valence-electron chi connectivity index (χ3n) is 6.24. The van der Waals surface area contributed by atoms with Gasteiger partial charge in [0.05, 0.1) is 11.5 Å². The maximum atomic E-state index is 13.9. The topological polar surface area (TPSA) is 84.0 Å². The van der Waals surface area contributed by atoms with Gasteiger partial charge in [-0.15, -0.1) is 0 Å². The van der Waals surface area contributed by atoms with Crippen molar-refractivity contribution in [3.63, 3.8) is 0 Å². The molecule has 0 amide bonds. The van der Waals surface area contributed by atoms with E-state index in [9.17, 15) is 25.6 Å².